The van der Waals surface area contributed by atoms with Gasteiger partial charge in [0.2, 0.25) is 0 Å². The van der Waals surface area contributed by atoms with Crippen molar-refractivity contribution in [2.24, 2.45) is 0 Å². The van der Waals surface area contributed by atoms with E-state index in [-0.39, 0.29) is 5.82 Å². The molecule has 0 aliphatic rings. The Hall–Kier alpha value is -2.18. The molecule has 0 spiro atoms. The van der Waals surface area contributed by atoms with E-state index in [0.717, 1.165) is 38.1 Å². The number of fused-ring (bicyclic) bond motifs is 1. The lowest BCUT2D eigenvalue weighted by atomic mass is 10.1. The van der Waals surface area contributed by atoms with E-state index in [0.29, 0.717) is 5.52 Å². The highest BCUT2D eigenvalue weighted by molar-refractivity contribution is 7.18. The molecule has 120 valence electrons. The molecule has 0 saturated carbocycles. The highest BCUT2D eigenvalue weighted by atomic mass is 32.1. The minimum atomic E-state index is -0.257. The number of hydrogen-bond donors (Lipinski definition) is 0. The van der Waals surface area contributed by atoms with Crippen molar-refractivity contribution < 1.29 is 4.39 Å². The fourth-order valence-electron chi connectivity index (χ4n) is 2.56. The van der Waals surface area contributed by atoms with Crippen molar-refractivity contribution in [2.75, 3.05) is 0 Å². The van der Waals surface area contributed by atoms with Crippen LogP contribution in [0.1, 0.15) is 15.6 Å². The molecule has 0 bridgehead atoms. The Kier molecular flexibility index (Phi) is 4.08. The first-order valence-corrected chi connectivity index (χ1v) is 9.26. The molecule has 24 heavy (non-hydrogen) atoms. The van der Waals surface area contributed by atoms with E-state index in [1.807, 2.05) is 18.2 Å². The highest BCUT2D eigenvalue weighted by Crippen LogP contribution is 2.28. The first-order valence-electron chi connectivity index (χ1n) is 7.63. The fraction of sp³-hybridized carbons (Fsp3) is 0.167. The summed E-state index contributed by atoms with van der Waals surface area (Å²) in [5.74, 6) is -0.257. The monoisotopic (exact) mass is 355 g/mol. The highest BCUT2D eigenvalue weighted by Gasteiger charge is 2.11. The van der Waals surface area contributed by atoms with E-state index in [9.17, 15) is 4.39 Å². The first kappa shape index (κ1) is 15.4. The van der Waals surface area contributed by atoms with E-state index in [4.69, 9.17) is 0 Å². The normalized spacial score (nSPS) is 11.2. The van der Waals surface area contributed by atoms with Gasteiger partial charge in [-0.2, -0.15) is 0 Å². The number of benzene rings is 2. The van der Waals surface area contributed by atoms with Gasteiger partial charge in [-0.15, -0.1) is 21.5 Å². The van der Waals surface area contributed by atoms with Crippen molar-refractivity contribution in [3.05, 3.63) is 63.9 Å². The predicted octanol–water partition coefficient (Wildman–Crippen LogP) is 5.05. The third kappa shape index (κ3) is 2.95. The van der Waals surface area contributed by atoms with Crippen molar-refractivity contribution in [1.29, 1.82) is 0 Å². The van der Waals surface area contributed by atoms with Crippen LogP contribution in [0, 0.1) is 12.7 Å². The van der Waals surface area contributed by atoms with Gasteiger partial charge >= 0.3 is 0 Å². The summed E-state index contributed by atoms with van der Waals surface area (Å²) in [6.45, 7) is 2.08. The van der Waals surface area contributed by atoms with E-state index < -0.39 is 0 Å². The van der Waals surface area contributed by atoms with Crippen LogP contribution in [0.15, 0.2) is 42.5 Å². The minimum absolute atomic E-state index is 0.257. The zero-order valence-corrected chi connectivity index (χ0v) is 14.6. The molecular formula is C18H14FN3S2. The van der Waals surface area contributed by atoms with Crippen LogP contribution in [0.5, 0.6) is 0 Å². The Morgan fingerprint density at radius 3 is 2.58 bits per heavy atom. The van der Waals surface area contributed by atoms with Crippen molar-refractivity contribution in [3.63, 3.8) is 0 Å². The van der Waals surface area contributed by atoms with Gasteiger partial charge in [-0.05, 0) is 24.6 Å². The molecule has 0 atom stereocenters. The van der Waals surface area contributed by atoms with Crippen molar-refractivity contribution in [1.82, 2.24) is 15.2 Å². The van der Waals surface area contributed by atoms with Gasteiger partial charge < -0.3 is 0 Å². The minimum Gasteiger partial charge on any atom is -0.238 e. The third-order valence-corrected chi connectivity index (χ3v) is 5.91. The summed E-state index contributed by atoms with van der Waals surface area (Å²) in [4.78, 5) is 4.41. The summed E-state index contributed by atoms with van der Waals surface area (Å²) in [5, 5.41) is 11.5. The molecule has 0 amide bonds. The molecule has 2 aromatic carbocycles. The average Bonchev–Trinajstić information content (AvgIpc) is 3.20. The Balaban J connectivity index is 1.52. The zero-order valence-electron chi connectivity index (χ0n) is 13.0. The summed E-state index contributed by atoms with van der Waals surface area (Å²) in [6.07, 6.45) is 1.52. The molecule has 6 heteroatoms. The van der Waals surface area contributed by atoms with E-state index in [1.54, 1.807) is 28.7 Å². The molecule has 2 heterocycles. The molecule has 0 aliphatic carbocycles. The molecule has 0 aliphatic heterocycles. The standard InChI is InChI=1S/C18H14FN3S2/c1-11-5-2-3-6-12(11)18-22-21-16(24-18)10-9-15-20-17-13(19)7-4-8-14(17)23-15/h2-8H,9-10H2,1H3. The summed E-state index contributed by atoms with van der Waals surface area (Å²) < 4.78 is 14.6. The predicted molar refractivity (Wildman–Crippen MR) is 97.1 cm³/mol. The molecular weight excluding hydrogens is 341 g/mol. The van der Waals surface area contributed by atoms with Gasteiger partial charge in [0.25, 0.3) is 0 Å². The third-order valence-electron chi connectivity index (χ3n) is 3.81. The van der Waals surface area contributed by atoms with Gasteiger partial charge in [0.15, 0.2) is 0 Å². The number of para-hydroxylation sites is 1. The summed E-state index contributed by atoms with van der Waals surface area (Å²) in [5.41, 5.74) is 2.79. The number of aryl methyl sites for hydroxylation is 3. The Morgan fingerprint density at radius 2 is 1.75 bits per heavy atom. The van der Waals surface area contributed by atoms with Crippen LogP contribution >= 0.6 is 22.7 Å². The van der Waals surface area contributed by atoms with Crippen molar-refractivity contribution in [3.8, 4) is 10.6 Å². The lowest BCUT2D eigenvalue weighted by Gasteiger charge is -1.98. The average molecular weight is 355 g/mol. The lowest BCUT2D eigenvalue weighted by Crippen LogP contribution is -1.90. The Labute approximate surface area is 146 Å². The molecule has 0 fully saturated rings. The van der Waals surface area contributed by atoms with Gasteiger partial charge in [0, 0.05) is 18.4 Å². The van der Waals surface area contributed by atoms with Crippen LogP contribution in [0.3, 0.4) is 0 Å². The molecule has 0 saturated heterocycles. The van der Waals surface area contributed by atoms with E-state index in [2.05, 4.69) is 34.2 Å². The number of nitrogens with zero attached hydrogens (tertiary/aromatic N) is 3. The maximum atomic E-state index is 13.7. The molecule has 4 rings (SSSR count). The summed E-state index contributed by atoms with van der Waals surface area (Å²) >= 11 is 3.15. The molecule has 0 unspecified atom stereocenters. The fourth-order valence-corrected chi connectivity index (χ4v) is 4.47. The van der Waals surface area contributed by atoms with Crippen LogP contribution in [0.25, 0.3) is 20.8 Å². The second kappa shape index (κ2) is 6.37. The SMILES string of the molecule is Cc1ccccc1-c1nnc(CCc2nc3c(F)cccc3s2)s1. The van der Waals surface area contributed by atoms with Gasteiger partial charge in [0.05, 0.1) is 9.71 Å². The molecule has 4 aromatic rings. The van der Waals surface area contributed by atoms with Crippen molar-refractivity contribution >= 4 is 32.9 Å². The van der Waals surface area contributed by atoms with Gasteiger partial charge in [-0.1, -0.05) is 41.7 Å². The number of aromatic nitrogens is 3. The van der Waals surface area contributed by atoms with Crippen LogP contribution in [0.2, 0.25) is 0 Å². The maximum absolute atomic E-state index is 13.7. The second-order valence-corrected chi connectivity index (χ2v) is 7.69. The Bertz CT molecular complexity index is 1010. The molecule has 0 N–H and O–H groups in total. The smallest absolute Gasteiger partial charge is 0.150 e. The number of halogens is 1. The quantitative estimate of drug-likeness (QED) is 0.514. The topological polar surface area (TPSA) is 38.7 Å². The van der Waals surface area contributed by atoms with Crippen LogP contribution in [0.4, 0.5) is 4.39 Å². The Morgan fingerprint density at radius 1 is 0.917 bits per heavy atom. The molecule has 0 radical (unpaired) electrons. The van der Waals surface area contributed by atoms with Crippen LogP contribution in [-0.4, -0.2) is 15.2 Å². The van der Waals surface area contributed by atoms with Gasteiger partial charge in [0.1, 0.15) is 21.3 Å². The second-order valence-electron chi connectivity index (χ2n) is 5.51. The number of rotatable bonds is 4. The van der Waals surface area contributed by atoms with Crippen molar-refractivity contribution in [2.45, 2.75) is 19.8 Å². The zero-order chi connectivity index (χ0) is 16.5. The molecule has 3 nitrogen and oxygen atoms in total. The van der Waals surface area contributed by atoms with E-state index >= 15 is 0 Å². The van der Waals surface area contributed by atoms with E-state index in [1.165, 1.54) is 11.6 Å². The first-order chi connectivity index (χ1) is 11.7. The van der Waals surface area contributed by atoms with Gasteiger partial charge in [-0.25, -0.2) is 9.37 Å². The summed E-state index contributed by atoms with van der Waals surface area (Å²) in [7, 11) is 0. The largest absolute Gasteiger partial charge is 0.238 e. The maximum Gasteiger partial charge on any atom is 0.150 e. The summed E-state index contributed by atoms with van der Waals surface area (Å²) in [6, 6.07) is 13.2. The van der Waals surface area contributed by atoms with Crippen LogP contribution < -0.4 is 0 Å². The number of thiazole rings is 1. The van der Waals surface area contributed by atoms with Crippen LogP contribution in [-0.2, 0) is 12.8 Å². The molecule has 2 aromatic heterocycles. The van der Waals surface area contributed by atoms with Gasteiger partial charge in [-0.3, -0.25) is 0 Å². The number of hydrogen-bond acceptors (Lipinski definition) is 5. The lowest BCUT2D eigenvalue weighted by molar-refractivity contribution is 0.637.